The van der Waals surface area contributed by atoms with Crippen molar-refractivity contribution in [2.45, 2.75) is 38.5 Å². The predicted octanol–water partition coefficient (Wildman–Crippen LogP) is 3.09. The van der Waals surface area contributed by atoms with Gasteiger partial charge in [0.25, 0.3) is 0 Å². The van der Waals surface area contributed by atoms with Gasteiger partial charge in [-0.05, 0) is 36.3 Å². The average molecular weight is 343 g/mol. The number of carbonyl (C=O) groups is 2. The second kappa shape index (κ2) is 7.59. The molecule has 0 radical (unpaired) electrons. The van der Waals surface area contributed by atoms with Crippen molar-refractivity contribution >= 4 is 22.9 Å². The van der Waals surface area contributed by atoms with Crippen LogP contribution in [0.3, 0.4) is 0 Å². The number of benzene rings is 1. The van der Waals surface area contributed by atoms with E-state index in [2.05, 4.69) is 41.6 Å². The summed E-state index contributed by atoms with van der Waals surface area (Å²) in [6.45, 7) is 3.74. The van der Waals surface area contributed by atoms with Gasteiger partial charge in [-0.2, -0.15) is 0 Å². The summed E-state index contributed by atoms with van der Waals surface area (Å²) in [6.07, 6.45) is 4.94. The first-order valence-corrected chi connectivity index (χ1v) is 8.93. The molecule has 2 heterocycles. The quantitative estimate of drug-likeness (QED) is 0.780. The number of carboxylic acids is 1. The molecule has 3 rings (SSSR count). The Morgan fingerprint density at radius 1 is 1.32 bits per heavy atom. The van der Waals surface area contributed by atoms with Gasteiger partial charge in [-0.15, -0.1) is 0 Å². The van der Waals surface area contributed by atoms with Gasteiger partial charge >= 0.3 is 12.0 Å². The maximum Gasteiger partial charge on any atom is 0.317 e. The summed E-state index contributed by atoms with van der Waals surface area (Å²) in [5, 5.41) is 12.6. The minimum Gasteiger partial charge on any atom is -0.481 e. The Balaban J connectivity index is 1.61. The van der Waals surface area contributed by atoms with E-state index in [9.17, 15) is 9.59 Å². The molecule has 1 saturated heterocycles. The number of aromatic nitrogens is 1. The molecule has 0 bridgehead atoms. The fourth-order valence-electron chi connectivity index (χ4n) is 3.65. The van der Waals surface area contributed by atoms with Crippen LogP contribution in [-0.4, -0.2) is 46.6 Å². The lowest BCUT2D eigenvalue weighted by Gasteiger charge is -2.32. The van der Waals surface area contributed by atoms with Gasteiger partial charge in [-0.1, -0.05) is 25.1 Å². The zero-order chi connectivity index (χ0) is 17.8. The third kappa shape index (κ3) is 3.78. The number of H-pyrrole nitrogens is 1. The molecule has 0 aliphatic carbocycles. The Labute approximate surface area is 147 Å². The van der Waals surface area contributed by atoms with Gasteiger partial charge in [-0.25, -0.2) is 4.79 Å². The maximum atomic E-state index is 12.1. The van der Waals surface area contributed by atoms with Crippen molar-refractivity contribution in [1.29, 1.82) is 0 Å². The predicted molar refractivity (Wildman–Crippen MR) is 96.9 cm³/mol. The number of rotatable bonds is 5. The molecule has 2 aromatic rings. The van der Waals surface area contributed by atoms with E-state index in [1.165, 1.54) is 22.0 Å². The summed E-state index contributed by atoms with van der Waals surface area (Å²) in [4.78, 5) is 27.8. The molecule has 0 unspecified atom stereocenters. The molecule has 6 nitrogen and oxygen atoms in total. The standard InChI is InChI=1S/C19H25N3O3/c1-2-13-4-3-5-15-16(12-21-18(13)15)14-7-10-22(11-8-14)19(25)20-9-6-17(23)24/h3-5,12,14,21H,2,6-11H2,1H3,(H,20,25)(H,23,24). The van der Waals surface area contributed by atoms with Gasteiger partial charge < -0.3 is 20.3 Å². The van der Waals surface area contributed by atoms with E-state index >= 15 is 0 Å². The van der Waals surface area contributed by atoms with E-state index in [1.54, 1.807) is 4.90 Å². The highest BCUT2D eigenvalue weighted by Crippen LogP contribution is 2.34. The van der Waals surface area contributed by atoms with Crippen LogP contribution in [0.4, 0.5) is 4.79 Å². The highest BCUT2D eigenvalue weighted by Gasteiger charge is 2.25. The molecular weight excluding hydrogens is 318 g/mol. The number of fused-ring (bicyclic) bond motifs is 1. The van der Waals surface area contributed by atoms with Crippen LogP contribution in [0.25, 0.3) is 10.9 Å². The molecule has 0 saturated carbocycles. The molecule has 134 valence electrons. The number of carboxylic acid groups (broad SMARTS) is 1. The van der Waals surface area contributed by atoms with E-state index in [4.69, 9.17) is 5.11 Å². The van der Waals surface area contributed by atoms with Crippen LogP contribution in [-0.2, 0) is 11.2 Å². The number of hydrogen-bond acceptors (Lipinski definition) is 2. The van der Waals surface area contributed by atoms with Gasteiger partial charge in [0, 0.05) is 36.7 Å². The molecular formula is C19H25N3O3. The zero-order valence-corrected chi connectivity index (χ0v) is 14.5. The van der Waals surface area contributed by atoms with E-state index < -0.39 is 5.97 Å². The second-order valence-corrected chi connectivity index (χ2v) is 6.57. The normalized spacial score (nSPS) is 15.5. The van der Waals surface area contributed by atoms with Crippen molar-refractivity contribution in [2.24, 2.45) is 0 Å². The number of para-hydroxylation sites is 1. The molecule has 3 N–H and O–H groups in total. The van der Waals surface area contributed by atoms with Gasteiger partial charge in [0.05, 0.1) is 6.42 Å². The minimum absolute atomic E-state index is 0.0443. The van der Waals surface area contributed by atoms with Crippen LogP contribution in [0.5, 0.6) is 0 Å². The number of likely N-dealkylation sites (tertiary alicyclic amines) is 1. The SMILES string of the molecule is CCc1cccc2c(C3CCN(C(=O)NCCC(=O)O)CC3)c[nH]c12. The number of hydrogen-bond donors (Lipinski definition) is 3. The molecule has 1 fully saturated rings. The first kappa shape index (κ1) is 17.3. The van der Waals surface area contributed by atoms with Gasteiger partial charge in [0.15, 0.2) is 0 Å². The summed E-state index contributed by atoms with van der Waals surface area (Å²) < 4.78 is 0. The lowest BCUT2D eigenvalue weighted by molar-refractivity contribution is -0.136. The lowest BCUT2D eigenvalue weighted by Crippen LogP contribution is -2.44. The number of aliphatic carboxylic acids is 1. The number of amides is 2. The fourth-order valence-corrected chi connectivity index (χ4v) is 3.65. The molecule has 1 aliphatic rings. The first-order valence-electron chi connectivity index (χ1n) is 8.93. The first-order chi connectivity index (χ1) is 12.1. The van der Waals surface area contributed by atoms with E-state index in [-0.39, 0.29) is 19.0 Å². The van der Waals surface area contributed by atoms with Crippen LogP contribution in [0.2, 0.25) is 0 Å². The van der Waals surface area contributed by atoms with E-state index in [0.717, 1.165) is 19.3 Å². The molecule has 6 heteroatoms. The molecule has 1 aliphatic heterocycles. The summed E-state index contributed by atoms with van der Waals surface area (Å²) in [7, 11) is 0. The molecule has 1 aromatic carbocycles. The number of piperidine rings is 1. The summed E-state index contributed by atoms with van der Waals surface area (Å²) in [5.74, 6) is -0.450. The zero-order valence-electron chi connectivity index (χ0n) is 14.5. The average Bonchev–Trinajstić information content (AvgIpc) is 3.05. The number of carbonyl (C=O) groups excluding carboxylic acids is 1. The molecule has 25 heavy (non-hydrogen) atoms. The number of urea groups is 1. The smallest absolute Gasteiger partial charge is 0.317 e. The summed E-state index contributed by atoms with van der Waals surface area (Å²) in [6, 6.07) is 6.29. The molecule has 2 amide bonds. The van der Waals surface area contributed by atoms with Crippen LogP contribution in [0, 0.1) is 0 Å². The van der Waals surface area contributed by atoms with Crippen LogP contribution >= 0.6 is 0 Å². The Hall–Kier alpha value is -2.50. The van der Waals surface area contributed by atoms with Crippen molar-refractivity contribution < 1.29 is 14.7 Å². The molecule has 0 atom stereocenters. The van der Waals surface area contributed by atoms with Gasteiger partial charge in [0.2, 0.25) is 0 Å². The monoisotopic (exact) mass is 343 g/mol. The van der Waals surface area contributed by atoms with Crippen LogP contribution in [0.1, 0.15) is 43.2 Å². The van der Waals surface area contributed by atoms with Crippen molar-refractivity contribution in [3.05, 3.63) is 35.5 Å². The molecule has 1 aromatic heterocycles. The summed E-state index contributed by atoms with van der Waals surface area (Å²) in [5.41, 5.74) is 3.91. The van der Waals surface area contributed by atoms with E-state index in [0.29, 0.717) is 19.0 Å². The van der Waals surface area contributed by atoms with Crippen LogP contribution in [0.15, 0.2) is 24.4 Å². The molecule has 0 spiro atoms. The number of nitrogens with zero attached hydrogens (tertiary/aromatic N) is 1. The van der Waals surface area contributed by atoms with Gasteiger partial charge in [0.1, 0.15) is 0 Å². The second-order valence-electron chi connectivity index (χ2n) is 6.57. The van der Waals surface area contributed by atoms with E-state index in [1.807, 2.05) is 0 Å². The third-order valence-corrected chi connectivity index (χ3v) is 5.05. The minimum atomic E-state index is -0.898. The van der Waals surface area contributed by atoms with Gasteiger partial charge in [-0.3, -0.25) is 4.79 Å². The Morgan fingerprint density at radius 3 is 2.76 bits per heavy atom. The fraction of sp³-hybridized carbons (Fsp3) is 0.474. The topological polar surface area (TPSA) is 85.4 Å². The maximum absolute atomic E-state index is 12.1. The van der Waals surface area contributed by atoms with Crippen molar-refractivity contribution in [3.8, 4) is 0 Å². The highest BCUT2D eigenvalue weighted by atomic mass is 16.4. The van der Waals surface area contributed by atoms with Crippen molar-refractivity contribution in [1.82, 2.24) is 15.2 Å². The van der Waals surface area contributed by atoms with Crippen LogP contribution < -0.4 is 5.32 Å². The summed E-state index contributed by atoms with van der Waals surface area (Å²) >= 11 is 0. The number of aromatic amines is 1. The van der Waals surface area contributed by atoms with Crippen molar-refractivity contribution in [3.63, 3.8) is 0 Å². The number of aryl methyl sites for hydroxylation is 1. The highest BCUT2D eigenvalue weighted by molar-refractivity contribution is 5.86. The lowest BCUT2D eigenvalue weighted by atomic mass is 9.89. The largest absolute Gasteiger partial charge is 0.481 e. The Morgan fingerprint density at radius 2 is 2.08 bits per heavy atom. The third-order valence-electron chi connectivity index (χ3n) is 5.05. The van der Waals surface area contributed by atoms with Crippen molar-refractivity contribution in [2.75, 3.05) is 19.6 Å². The Bertz CT molecular complexity index is 760. The number of nitrogens with one attached hydrogen (secondary N) is 2. The Kier molecular flexibility index (Phi) is 5.26.